The highest BCUT2D eigenvalue weighted by Gasteiger charge is 2.28. The zero-order valence-corrected chi connectivity index (χ0v) is 10.8. The molecule has 0 radical (unpaired) electrons. The van der Waals surface area contributed by atoms with Crippen molar-refractivity contribution in [2.75, 3.05) is 6.79 Å². The Morgan fingerprint density at radius 2 is 1.89 bits per heavy atom. The summed E-state index contributed by atoms with van der Waals surface area (Å²) in [7, 11) is 0. The lowest BCUT2D eigenvalue weighted by molar-refractivity contribution is -0.136. The molecule has 18 heavy (non-hydrogen) atoms. The van der Waals surface area contributed by atoms with Crippen LogP contribution in [-0.2, 0) is 0 Å². The molecule has 1 aliphatic rings. The molecule has 0 saturated heterocycles. The van der Waals surface area contributed by atoms with E-state index in [0.717, 1.165) is 0 Å². The summed E-state index contributed by atoms with van der Waals surface area (Å²) < 4.78 is 47.4. The van der Waals surface area contributed by atoms with Gasteiger partial charge in [0, 0.05) is 16.9 Å². The van der Waals surface area contributed by atoms with Gasteiger partial charge < -0.3 is 15.2 Å². The Bertz CT molecular complexity index is 451. The van der Waals surface area contributed by atoms with Crippen molar-refractivity contribution in [1.29, 1.82) is 0 Å². The van der Waals surface area contributed by atoms with Crippen molar-refractivity contribution >= 4 is 15.9 Å². The van der Waals surface area contributed by atoms with E-state index in [0.29, 0.717) is 21.5 Å². The second-order valence-electron chi connectivity index (χ2n) is 3.99. The maximum Gasteiger partial charge on any atom is 0.389 e. The van der Waals surface area contributed by atoms with Crippen molar-refractivity contribution in [3.63, 3.8) is 0 Å². The number of fused-ring (bicyclic) bond motifs is 1. The van der Waals surface area contributed by atoms with Crippen molar-refractivity contribution in [3.05, 3.63) is 22.2 Å². The van der Waals surface area contributed by atoms with E-state index in [4.69, 9.17) is 15.2 Å². The normalized spacial score (nSPS) is 15.8. The summed E-state index contributed by atoms with van der Waals surface area (Å²) in [4.78, 5) is 0. The Labute approximate surface area is 110 Å². The van der Waals surface area contributed by atoms with Gasteiger partial charge in [0.05, 0.1) is 0 Å². The zero-order valence-electron chi connectivity index (χ0n) is 9.26. The van der Waals surface area contributed by atoms with Crippen molar-refractivity contribution < 1.29 is 22.6 Å². The molecule has 0 spiro atoms. The first-order valence-electron chi connectivity index (χ1n) is 5.28. The van der Waals surface area contributed by atoms with Crippen LogP contribution in [0.25, 0.3) is 0 Å². The van der Waals surface area contributed by atoms with E-state index >= 15 is 0 Å². The van der Waals surface area contributed by atoms with Crippen LogP contribution in [0.4, 0.5) is 13.2 Å². The highest BCUT2D eigenvalue weighted by molar-refractivity contribution is 9.10. The van der Waals surface area contributed by atoms with Crippen LogP contribution in [0.2, 0.25) is 0 Å². The summed E-state index contributed by atoms with van der Waals surface area (Å²) in [6.45, 7) is 0.114. The first-order valence-corrected chi connectivity index (χ1v) is 6.07. The molecule has 0 unspecified atom stereocenters. The van der Waals surface area contributed by atoms with E-state index in [1.54, 1.807) is 12.1 Å². The first kappa shape index (κ1) is 13.5. The van der Waals surface area contributed by atoms with Gasteiger partial charge in [-0.15, -0.1) is 0 Å². The molecule has 1 heterocycles. The molecule has 0 saturated carbocycles. The Kier molecular flexibility index (Phi) is 3.72. The van der Waals surface area contributed by atoms with E-state index in [1.807, 2.05) is 0 Å². The molecule has 0 aromatic heterocycles. The molecule has 0 fully saturated rings. The summed E-state index contributed by atoms with van der Waals surface area (Å²) in [6.07, 6.45) is -5.27. The van der Waals surface area contributed by atoms with Crippen LogP contribution >= 0.6 is 15.9 Å². The number of rotatable bonds is 3. The Morgan fingerprint density at radius 1 is 1.28 bits per heavy atom. The zero-order chi connectivity index (χ0) is 13.3. The summed E-state index contributed by atoms with van der Waals surface area (Å²) in [6, 6.07) is 2.58. The second kappa shape index (κ2) is 4.97. The lowest BCUT2D eigenvalue weighted by Crippen LogP contribution is -2.16. The van der Waals surface area contributed by atoms with Crippen molar-refractivity contribution in [1.82, 2.24) is 0 Å². The fourth-order valence-corrected chi connectivity index (χ4v) is 2.31. The number of ether oxygens (including phenoxy) is 2. The van der Waals surface area contributed by atoms with Gasteiger partial charge in [-0.05, 0) is 24.1 Å². The Hall–Kier alpha value is -0.950. The molecule has 1 atom stereocenters. The number of hydrogen-bond donors (Lipinski definition) is 1. The van der Waals surface area contributed by atoms with Crippen molar-refractivity contribution in [2.24, 2.45) is 5.73 Å². The lowest BCUT2D eigenvalue weighted by Gasteiger charge is -2.15. The minimum absolute atomic E-state index is 0.114. The maximum atomic E-state index is 12.1. The van der Waals surface area contributed by atoms with Crippen LogP contribution in [0, 0.1) is 0 Å². The molecule has 1 aromatic carbocycles. The maximum absolute atomic E-state index is 12.1. The Morgan fingerprint density at radius 3 is 2.50 bits per heavy atom. The average molecular weight is 326 g/mol. The smallest absolute Gasteiger partial charge is 0.389 e. The van der Waals surface area contributed by atoms with Crippen LogP contribution in [-0.4, -0.2) is 13.0 Å². The van der Waals surface area contributed by atoms with E-state index in [2.05, 4.69) is 15.9 Å². The minimum Gasteiger partial charge on any atom is -0.454 e. The van der Waals surface area contributed by atoms with Crippen molar-refractivity contribution in [2.45, 2.75) is 25.1 Å². The predicted molar refractivity (Wildman–Crippen MR) is 62.5 cm³/mol. The number of hydrogen-bond acceptors (Lipinski definition) is 3. The third kappa shape index (κ3) is 3.08. The molecule has 0 amide bonds. The molecule has 3 nitrogen and oxygen atoms in total. The predicted octanol–water partition coefficient (Wildman–Crippen LogP) is 3.52. The Balaban J connectivity index is 2.13. The third-order valence-corrected chi connectivity index (χ3v) is 3.32. The van der Waals surface area contributed by atoms with Gasteiger partial charge in [0.15, 0.2) is 11.5 Å². The molecular weight excluding hydrogens is 315 g/mol. The average Bonchev–Trinajstić information content (AvgIpc) is 2.70. The van der Waals surface area contributed by atoms with Gasteiger partial charge in [-0.3, -0.25) is 0 Å². The minimum atomic E-state index is -4.19. The standard InChI is InChI=1S/C11H11BrF3NO2/c12-7-4-10-9(17-5-18-10)3-6(7)8(16)1-2-11(13,14)15/h3-4,8H,1-2,5,16H2/t8-/m0/s1. The highest BCUT2D eigenvalue weighted by atomic mass is 79.9. The van der Waals surface area contributed by atoms with Crippen LogP contribution in [0.5, 0.6) is 11.5 Å². The summed E-state index contributed by atoms with van der Waals surface area (Å²) in [5.74, 6) is 1.07. The van der Waals surface area contributed by atoms with Gasteiger partial charge in [0.25, 0.3) is 0 Å². The topological polar surface area (TPSA) is 44.5 Å². The van der Waals surface area contributed by atoms with Gasteiger partial charge in [-0.25, -0.2) is 0 Å². The second-order valence-corrected chi connectivity index (χ2v) is 4.84. The van der Waals surface area contributed by atoms with Crippen LogP contribution in [0.15, 0.2) is 16.6 Å². The largest absolute Gasteiger partial charge is 0.454 e. The third-order valence-electron chi connectivity index (χ3n) is 2.63. The SMILES string of the molecule is N[C@@H](CCC(F)(F)F)c1cc2c(cc1Br)OCO2. The monoisotopic (exact) mass is 325 g/mol. The lowest BCUT2D eigenvalue weighted by atomic mass is 10.0. The van der Waals surface area contributed by atoms with E-state index in [1.165, 1.54) is 0 Å². The molecule has 1 aliphatic heterocycles. The molecule has 2 rings (SSSR count). The molecule has 1 aromatic rings. The summed E-state index contributed by atoms with van der Waals surface area (Å²) in [5.41, 5.74) is 6.36. The number of benzene rings is 1. The van der Waals surface area contributed by atoms with Gasteiger partial charge in [0.1, 0.15) is 0 Å². The van der Waals surface area contributed by atoms with E-state index in [-0.39, 0.29) is 13.2 Å². The molecule has 0 aliphatic carbocycles. The quantitative estimate of drug-likeness (QED) is 0.924. The first-order chi connectivity index (χ1) is 8.37. The summed E-state index contributed by atoms with van der Waals surface area (Å²) in [5, 5.41) is 0. The summed E-state index contributed by atoms with van der Waals surface area (Å²) >= 11 is 3.27. The van der Waals surface area contributed by atoms with E-state index < -0.39 is 18.6 Å². The molecule has 2 N–H and O–H groups in total. The van der Waals surface area contributed by atoms with Gasteiger partial charge >= 0.3 is 6.18 Å². The van der Waals surface area contributed by atoms with Crippen molar-refractivity contribution in [3.8, 4) is 11.5 Å². The van der Waals surface area contributed by atoms with E-state index in [9.17, 15) is 13.2 Å². The van der Waals surface area contributed by atoms with Gasteiger partial charge in [-0.1, -0.05) is 15.9 Å². The number of nitrogens with two attached hydrogens (primary N) is 1. The molecule has 100 valence electrons. The molecule has 7 heteroatoms. The van der Waals surface area contributed by atoms with Crippen LogP contribution in [0.3, 0.4) is 0 Å². The van der Waals surface area contributed by atoms with Crippen LogP contribution in [0.1, 0.15) is 24.4 Å². The number of halogens is 4. The molecular formula is C11H11BrF3NO2. The van der Waals surface area contributed by atoms with Gasteiger partial charge in [0.2, 0.25) is 6.79 Å². The van der Waals surface area contributed by atoms with Gasteiger partial charge in [-0.2, -0.15) is 13.2 Å². The highest BCUT2D eigenvalue weighted by Crippen LogP contribution is 2.39. The van der Waals surface area contributed by atoms with Crippen LogP contribution < -0.4 is 15.2 Å². The molecule has 0 bridgehead atoms. The fourth-order valence-electron chi connectivity index (χ4n) is 1.69. The number of alkyl halides is 3. The fraction of sp³-hybridized carbons (Fsp3) is 0.455.